The number of rotatable bonds is 8. The molecule has 0 amide bonds. The number of benzene rings is 1. The SMILES string of the molecule is CNCc1cccc(S(=O)(=O)N(C)CCOC(C)C)c1. The summed E-state index contributed by atoms with van der Waals surface area (Å²) in [5.74, 6) is 0. The molecular weight excluding hydrogens is 276 g/mol. The molecule has 0 atom stereocenters. The zero-order chi connectivity index (χ0) is 15.2. The van der Waals surface area contributed by atoms with E-state index in [9.17, 15) is 8.42 Å². The number of nitrogens with one attached hydrogen (secondary N) is 1. The summed E-state index contributed by atoms with van der Waals surface area (Å²) in [7, 11) is -0.0491. The molecule has 0 saturated heterocycles. The Kier molecular flexibility index (Phi) is 6.61. The first-order valence-electron chi connectivity index (χ1n) is 6.69. The number of hydrogen-bond acceptors (Lipinski definition) is 4. The normalized spacial score (nSPS) is 12.3. The number of likely N-dealkylation sites (N-methyl/N-ethyl adjacent to an activating group) is 1. The van der Waals surface area contributed by atoms with Crippen LogP contribution in [0.15, 0.2) is 29.2 Å². The van der Waals surface area contributed by atoms with Gasteiger partial charge in [-0.15, -0.1) is 0 Å². The summed E-state index contributed by atoms with van der Waals surface area (Å²) in [6.45, 7) is 5.23. The molecule has 20 heavy (non-hydrogen) atoms. The highest BCUT2D eigenvalue weighted by Crippen LogP contribution is 2.15. The van der Waals surface area contributed by atoms with Crippen LogP contribution < -0.4 is 5.32 Å². The summed E-state index contributed by atoms with van der Waals surface area (Å²) >= 11 is 0. The highest BCUT2D eigenvalue weighted by molar-refractivity contribution is 7.89. The topological polar surface area (TPSA) is 58.6 Å². The summed E-state index contributed by atoms with van der Waals surface area (Å²) < 4.78 is 31.5. The summed E-state index contributed by atoms with van der Waals surface area (Å²) in [4.78, 5) is 0.317. The highest BCUT2D eigenvalue weighted by Gasteiger charge is 2.20. The van der Waals surface area contributed by atoms with Crippen molar-refractivity contribution < 1.29 is 13.2 Å². The van der Waals surface area contributed by atoms with Crippen molar-refractivity contribution in [3.63, 3.8) is 0 Å². The minimum atomic E-state index is -3.45. The van der Waals surface area contributed by atoms with Gasteiger partial charge in [-0.05, 0) is 38.6 Å². The molecule has 0 radical (unpaired) electrons. The molecule has 0 aliphatic carbocycles. The molecule has 6 heteroatoms. The Morgan fingerprint density at radius 3 is 2.65 bits per heavy atom. The minimum absolute atomic E-state index is 0.102. The van der Waals surface area contributed by atoms with Crippen molar-refractivity contribution in [2.45, 2.75) is 31.4 Å². The van der Waals surface area contributed by atoms with Gasteiger partial charge in [0.05, 0.1) is 17.6 Å². The molecular formula is C14H24N2O3S. The van der Waals surface area contributed by atoms with E-state index < -0.39 is 10.0 Å². The lowest BCUT2D eigenvalue weighted by molar-refractivity contribution is 0.0737. The Balaban J connectivity index is 2.79. The first-order chi connectivity index (χ1) is 9.37. The van der Waals surface area contributed by atoms with Gasteiger partial charge in [-0.1, -0.05) is 12.1 Å². The van der Waals surface area contributed by atoms with Crippen LogP contribution in [0.25, 0.3) is 0 Å². The van der Waals surface area contributed by atoms with Crippen molar-refractivity contribution in [3.05, 3.63) is 29.8 Å². The van der Waals surface area contributed by atoms with Gasteiger partial charge < -0.3 is 10.1 Å². The fourth-order valence-corrected chi connectivity index (χ4v) is 2.96. The Hall–Kier alpha value is -0.950. The van der Waals surface area contributed by atoms with Crippen molar-refractivity contribution >= 4 is 10.0 Å². The van der Waals surface area contributed by atoms with Gasteiger partial charge in [0, 0.05) is 20.1 Å². The van der Waals surface area contributed by atoms with E-state index in [-0.39, 0.29) is 6.10 Å². The average Bonchev–Trinajstić information content (AvgIpc) is 2.39. The average molecular weight is 300 g/mol. The molecule has 0 unspecified atom stereocenters. The molecule has 0 aliphatic rings. The van der Waals surface area contributed by atoms with Crippen molar-refractivity contribution in [3.8, 4) is 0 Å². The van der Waals surface area contributed by atoms with Crippen molar-refractivity contribution in [1.82, 2.24) is 9.62 Å². The molecule has 0 spiro atoms. The Labute approximate surface area is 122 Å². The lowest BCUT2D eigenvalue weighted by atomic mass is 10.2. The van der Waals surface area contributed by atoms with E-state index >= 15 is 0 Å². The second-order valence-corrected chi connectivity index (χ2v) is 6.97. The lowest BCUT2D eigenvalue weighted by Crippen LogP contribution is -2.31. The number of sulfonamides is 1. The third-order valence-electron chi connectivity index (χ3n) is 2.84. The van der Waals surface area contributed by atoms with E-state index in [1.807, 2.05) is 27.0 Å². The molecule has 5 nitrogen and oxygen atoms in total. The van der Waals surface area contributed by atoms with E-state index in [1.54, 1.807) is 25.2 Å². The quantitative estimate of drug-likeness (QED) is 0.789. The van der Waals surface area contributed by atoms with Crippen molar-refractivity contribution in [2.75, 3.05) is 27.2 Å². The van der Waals surface area contributed by atoms with E-state index in [0.717, 1.165) is 5.56 Å². The van der Waals surface area contributed by atoms with Gasteiger partial charge in [0.2, 0.25) is 10.0 Å². The molecule has 1 aromatic rings. The third kappa shape index (κ3) is 4.86. The largest absolute Gasteiger partial charge is 0.377 e. The van der Waals surface area contributed by atoms with Crippen LogP contribution in [0.5, 0.6) is 0 Å². The van der Waals surface area contributed by atoms with E-state index in [1.165, 1.54) is 4.31 Å². The van der Waals surface area contributed by atoms with Crippen LogP contribution in [0.4, 0.5) is 0 Å². The van der Waals surface area contributed by atoms with Gasteiger partial charge in [-0.25, -0.2) is 8.42 Å². The Bertz CT molecular complexity index is 515. The van der Waals surface area contributed by atoms with Crippen LogP contribution in [0.1, 0.15) is 19.4 Å². The van der Waals surface area contributed by atoms with Gasteiger partial charge in [0.25, 0.3) is 0 Å². The standard InChI is InChI=1S/C14H24N2O3S/c1-12(2)19-9-8-16(4)20(17,18)14-7-5-6-13(10-14)11-15-3/h5-7,10,12,15H,8-9,11H2,1-4H3. The van der Waals surface area contributed by atoms with Crippen LogP contribution >= 0.6 is 0 Å². The van der Waals surface area contributed by atoms with Crippen LogP contribution in [-0.2, 0) is 21.3 Å². The summed E-state index contributed by atoms with van der Waals surface area (Å²) in [6.07, 6.45) is 0.102. The van der Waals surface area contributed by atoms with Crippen molar-refractivity contribution in [2.24, 2.45) is 0 Å². The van der Waals surface area contributed by atoms with Crippen LogP contribution in [0.2, 0.25) is 0 Å². The molecule has 0 bridgehead atoms. The Morgan fingerprint density at radius 1 is 1.35 bits per heavy atom. The predicted octanol–water partition coefficient (Wildman–Crippen LogP) is 1.45. The first-order valence-corrected chi connectivity index (χ1v) is 8.13. The molecule has 1 rings (SSSR count). The maximum atomic E-state index is 12.4. The van der Waals surface area contributed by atoms with Crippen molar-refractivity contribution in [1.29, 1.82) is 0 Å². The summed E-state index contributed by atoms with van der Waals surface area (Å²) in [5.41, 5.74) is 0.945. The monoisotopic (exact) mass is 300 g/mol. The molecule has 0 heterocycles. The zero-order valence-electron chi connectivity index (χ0n) is 12.6. The number of hydrogen-bond donors (Lipinski definition) is 1. The second-order valence-electron chi connectivity index (χ2n) is 4.92. The van der Waals surface area contributed by atoms with Gasteiger partial charge in [-0.2, -0.15) is 4.31 Å². The smallest absolute Gasteiger partial charge is 0.242 e. The maximum absolute atomic E-state index is 12.4. The highest BCUT2D eigenvalue weighted by atomic mass is 32.2. The van der Waals surface area contributed by atoms with Gasteiger partial charge >= 0.3 is 0 Å². The molecule has 1 N–H and O–H groups in total. The predicted molar refractivity (Wildman–Crippen MR) is 80.1 cm³/mol. The van der Waals surface area contributed by atoms with Gasteiger partial charge in [0.15, 0.2) is 0 Å². The van der Waals surface area contributed by atoms with Gasteiger partial charge in [-0.3, -0.25) is 0 Å². The van der Waals surface area contributed by atoms with E-state index in [4.69, 9.17) is 4.74 Å². The second kappa shape index (κ2) is 7.73. The molecule has 114 valence electrons. The lowest BCUT2D eigenvalue weighted by Gasteiger charge is -2.18. The third-order valence-corrected chi connectivity index (χ3v) is 4.70. The fraction of sp³-hybridized carbons (Fsp3) is 0.571. The zero-order valence-corrected chi connectivity index (χ0v) is 13.4. The Morgan fingerprint density at radius 2 is 2.05 bits per heavy atom. The molecule has 0 aromatic heterocycles. The van der Waals surface area contributed by atoms with Crippen LogP contribution in [-0.4, -0.2) is 46.1 Å². The number of ether oxygens (including phenoxy) is 1. The minimum Gasteiger partial charge on any atom is -0.377 e. The molecule has 0 saturated carbocycles. The summed E-state index contributed by atoms with van der Waals surface area (Å²) in [6, 6.07) is 6.98. The fourth-order valence-electron chi connectivity index (χ4n) is 1.74. The summed E-state index contributed by atoms with van der Waals surface area (Å²) in [5, 5.41) is 3.01. The van der Waals surface area contributed by atoms with E-state index in [0.29, 0.717) is 24.6 Å². The van der Waals surface area contributed by atoms with Crippen LogP contribution in [0.3, 0.4) is 0 Å². The molecule has 0 fully saturated rings. The first kappa shape index (κ1) is 17.1. The van der Waals surface area contributed by atoms with Crippen LogP contribution in [0, 0.1) is 0 Å². The molecule has 1 aromatic carbocycles. The molecule has 0 aliphatic heterocycles. The maximum Gasteiger partial charge on any atom is 0.242 e. The van der Waals surface area contributed by atoms with Gasteiger partial charge in [0.1, 0.15) is 0 Å². The number of nitrogens with zero attached hydrogens (tertiary/aromatic N) is 1. The van der Waals surface area contributed by atoms with E-state index in [2.05, 4.69) is 5.32 Å².